The summed E-state index contributed by atoms with van der Waals surface area (Å²) in [5, 5.41) is 14.3. The quantitative estimate of drug-likeness (QED) is 0.575. The first-order chi connectivity index (χ1) is 10.7. The molecule has 5 heteroatoms. The fraction of sp³-hybridized carbons (Fsp3) is 0. The summed E-state index contributed by atoms with van der Waals surface area (Å²) in [6.45, 7) is 0. The van der Waals surface area contributed by atoms with Gasteiger partial charge in [0.1, 0.15) is 5.75 Å². The Balaban J connectivity index is 1.74. The van der Waals surface area contributed by atoms with Crippen molar-refractivity contribution < 1.29 is 9.90 Å². The van der Waals surface area contributed by atoms with Crippen LogP contribution in [-0.2, 0) is 0 Å². The second-order valence-corrected chi connectivity index (χ2v) is 4.67. The molecule has 0 radical (unpaired) electrons. The van der Waals surface area contributed by atoms with Gasteiger partial charge in [0.15, 0.2) is 0 Å². The zero-order valence-electron chi connectivity index (χ0n) is 11.6. The molecule has 0 saturated carbocycles. The average Bonchev–Trinajstić information content (AvgIpc) is 2.56. The molecule has 0 aliphatic rings. The van der Waals surface area contributed by atoms with Crippen molar-refractivity contribution in [1.82, 2.24) is 10.4 Å². The molecule has 0 atom stereocenters. The maximum absolute atomic E-state index is 12.1. The van der Waals surface area contributed by atoms with Crippen LogP contribution in [0.2, 0.25) is 0 Å². The highest BCUT2D eigenvalue weighted by molar-refractivity contribution is 5.98. The van der Waals surface area contributed by atoms with Gasteiger partial charge in [-0.25, -0.2) is 5.43 Å². The highest BCUT2D eigenvalue weighted by atomic mass is 16.3. The molecule has 0 fully saturated rings. The van der Waals surface area contributed by atoms with E-state index in [1.165, 1.54) is 6.21 Å². The molecular formula is C17H13N3O2. The third kappa shape index (κ3) is 2.93. The van der Waals surface area contributed by atoms with E-state index in [2.05, 4.69) is 15.5 Å². The van der Waals surface area contributed by atoms with Crippen molar-refractivity contribution in [3.8, 4) is 5.75 Å². The van der Waals surface area contributed by atoms with E-state index in [1.807, 2.05) is 12.1 Å². The maximum atomic E-state index is 12.1. The molecule has 108 valence electrons. The molecule has 22 heavy (non-hydrogen) atoms. The minimum Gasteiger partial charge on any atom is -0.507 e. The third-order valence-corrected chi connectivity index (χ3v) is 3.17. The van der Waals surface area contributed by atoms with Crippen molar-refractivity contribution in [2.75, 3.05) is 0 Å². The Bertz CT molecular complexity index is 859. The minimum absolute atomic E-state index is 0.109. The van der Waals surface area contributed by atoms with Crippen molar-refractivity contribution in [1.29, 1.82) is 0 Å². The van der Waals surface area contributed by atoms with Gasteiger partial charge in [0.2, 0.25) is 0 Å². The highest BCUT2D eigenvalue weighted by Gasteiger charge is 2.05. The Hall–Kier alpha value is -3.21. The molecule has 0 aliphatic carbocycles. The number of phenolic OH excluding ortho intramolecular Hbond substituents is 1. The van der Waals surface area contributed by atoms with Gasteiger partial charge >= 0.3 is 0 Å². The van der Waals surface area contributed by atoms with Crippen LogP contribution in [0.3, 0.4) is 0 Å². The van der Waals surface area contributed by atoms with E-state index in [9.17, 15) is 9.90 Å². The topological polar surface area (TPSA) is 74.6 Å². The van der Waals surface area contributed by atoms with Crippen molar-refractivity contribution >= 4 is 23.0 Å². The van der Waals surface area contributed by atoms with E-state index < -0.39 is 0 Å². The van der Waals surface area contributed by atoms with E-state index in [1.54, 1.807) is 48.7 Å². The number of aromatic hydroxyl groups is 1. The van der Waals surface area contributed by atoms with E-state index in [0.717, 1.165) is 10.9 Å². The van der Waals surface area contributed by atoms with Gasteiger partial charge in [-0.1, -0.05) is 18.2 Å². The molecule has 0 saturated heterocycles. The molecule has 5 nitrogen and oxygen atoms in total. The number of nitrogens with one attached hydrogen (secondary N) is 1. The molecule has 1 heterocycles. The maximum Gasteiger partial charge on any atom is 0.271 e. The number of benzene rings is 2. The zero-order valence-corrected chi connectivity index (χ0v) is 11.6. The van der Waals surface area contributed by atoms with Gasteiger partial charge in [0, 0.05) is 22.7 Å². The van der Waals surface area contributed by atoms with Crippen LogP contribution in [0.15, 0.2) is 65.9 Å². The van der Waals surface area contributed by atoms with E-state index in [0.29, 0.717) is 11.1 Å². The molecule has 3 aromatic rings. The molecule has 0 bridgehead atoms. The summed E-state index contributed by atoms with van der Waals surface area (Å²) in [7, 11) is 0. The first-order valence-electron chi connectivity index (χ1n) is 6.70. The second-order valence-electron chi connectivity index (χ2n) is 4.67. The number of hydrazone groups is 1. The first-order valence-corrected chi connectivity index (χ1v) is 6.70. The molecule has 2 N–H and O–H groups in total. The van der Waals surface area contributed by atoms with Gasteiger partial charge in [-0.15, -0.1) is 0 Å². The van der Waals surface area contributed by atoms with Gasteiger partial charge in [0.05, 0.1) is 11.7 Å². The zero-order chi connectivity index (χ0) is 15.4. The number of hydrogen-bond acceptors (Lipinski definition) is 4. The van der Waals surface area contributed by atoms with Crippen LogP contribution in [0.4, 0.5) is 0 Å². The summed E-state index contributed by atoms with van der Waals surface area (Å²) in [6, 6.07) is 15.7. The first kappa shape index (κ1) is 13.8. The third-order valence-electron chi connectivity index (χ3n) is 3.17. The Morgan fingerprint density at radius 3 is 2.86 bits per heavy atom. The summed E-state index contributed by atoms with van der Waals surface area (Å²) in [6.07, 6.45) is 3.11. The van der Waals surface area contributed by atoms with Gasteiger partial charge in [-0.05, 0) is 36.4 Å². The molecule has 0 unspecified atom stereocenters. The van der Waals surface area contributed by atoms with Crippen LogP contribution in [0.1, 0.15) is 15.9 Å². The number of carbonyl (C=O) groups is 1. The number of carbonyl (C=O) groups excluding carboxylic acids is 1. The SMILES string of the molecule is O=C(N/N=C\c1ccccc1O)c1ccc2ncccc2c1. The van der Waals surface area contributed by atoms with Crippen LogP contribution in [-0.4, -0.2) is 22.2 Å². The van der Waals surface area contributed by atoms with Gasteiger partial charge in [-0.2, -0.15) is 5.10 Å². The number of phenols is 1. The molecule has 2 aromatic carbocycles. The van der Waals surface area contributed by atoms with E-state index in [4.69, 9.17) is 0 Å². The molecule has 3 rings (SSSR count). The van der Waals surface area contributed by atoms with Crippen molar-refractivity contribution in [2.45, 2.75) is 0 Å². The van der Waals surface area contributed by atoms with E-state index >= 15 is 0 Å². The van der Waals surface area contributed by atoms with Crippen molar-refractivity contribution in [2.24, 2.45) is 5.10 Å². The Morgan fingerprint density at radius 1 is 1.14 bits per heavy atom. The smallest absolute Gasteiger partial charge is 0.271 e. The van der Waals surface area contributed by atoms with E-state index in [-0.39, 0.29) is 11.7 Å². The number of fused-ring (bicyclic) bond motifs is 1. The number of amides is 1. The average molecular weight is 291 g/mol. The predicted molar refractivity (Wildman–Crippen MR) is 84.9 cm³/mol. The molecule has 1 amide bonds. The van der Waals surface area contributed by atoms with Crippen molar-refractivity contribution in [3.63, 3.8) is 0 Å². The second kappa shape index (κ2) is 6.05. The highest BCUT2D eigenvalue weighted by Crippen LogP contribution is 2.14. The number of para-hydroxylation sites is 1. The minimum atomic E-state index is -0.322. The molecule has 1 aromatic heterocycles. The standard InChI is InChI=1S/C17H13N3O2/c21-16-6-2-1-4-14(16)11-19-20-17(22)13-7-8-15-12(10-13)5-3-9-18-15/h1-11,21H,(H,20,22)/b19-11-. The van der Waals surface area contributed by atoms with Crippen molar-refractivity contribution in [3.05, 3.63) is 71.9 Å². The number of aromatic nitrogens is 1. The fourth-order valence-corrected chi connectivity index (χ4v) is 2.04. The normalized spacial score (nSPS) is 10.9. The number of pyridine rings is 1. The lowest BCUT2D eigenvalue weighted by Crippen LogP contribution is -2.17. The van der Waals surface area contributed by atoms with Crippen LogP contribution in [0.25, 0.3) is 10.9 Å². The summed E-state index contributed by atoms with van der Waals surface area (Å²) in [5.74, 6) is -0.213. The largest absolute Gasteiger partial charge is 0.507 e. The Labute approximate surface area is 126 Å². The summed E-state index contributed by atoms with van der Waals surface area (Å²) >= 11 is 0. The Kier molecular flexibility index (Phi) is 3.78. The van der Waals surface area contributed by atoms with Crippen LogP contribution >= 0.6 is 0 Å². The fourth-order valence-electron chi connectivity index (χ4n) is 2.04. The van der Waals surface area contributed by atoms with Crippen LogP contribution in [0, 0.1) is 0 Å². The number of nitrogens with zero attached hydrogens (tertiary/aromatic N) is 2. The summed E-state index contributed by atoms with van der Waals surface area (Å²) in [5.41, 5.74) is 4.30. The lowest BCUT2D eigenvalue weighted by Gasteiger charge is -2.02. The summed E-state index contributed by atoms with van der Waals surface area (Å²) < 4.78 is 0. The van der Waals surface area contributed by atoms with Crippen LogP contribution in [0.5, 0.6) is 5.75 Å². The molecule has 0 aliphatic heterocycles. The van der Waals surface area contributed by atoms with Gasteiger partial charge < -0.3 is 5.11 Å². The van der Waals surface area contributed by atoms with Gasteiger partial charge in [-0.3, -0.25) is 9.78 Å². The molecular weight excluding hydrogens is 278 g/mol. The lowest BCUT2D eigenvalue weighted by molar-refractivity contribution is 0.0955. The lowest BCUT2D eigenvalue weighted by atomic mass is 10.1. The Morgan fingerprint density at radius 2 is 2.00 bits per heavy atom. The van der Waals surface area contributed by atoms with Crippen LogP contribution < -0.4 is 5.43 Å². The summed E-state index contributed by atoms with van der Waals surface area (Å²) in [4.78, 5) is 16.3. The number of rotatable bonds is 3. The monoisotopic (exact) mass is 291 g/mol. The number of hydrogen-bond donors (Lipinski definition) is 2. The van der Waals surface area contributed by atoms with Gasteiger partial charge in [0.25, 0.3) is 5.91 Å². The molecule has 0 spiro atoms. The predicted octanol–water partition coefficient (Wildman–Crippen LogP) is 2.70.